The number of hydrogen-bond acceptors (Lipinski definition) is 3. The molecule has 0 aliphatic rings. The molecule has 0 aliphatic heterocycles. The van der Waals surface area contributed by atoms with E-state index in [0.29, 0.717) is 0 Å². The molecule has 0 amide bonds. The lowest BCUT2D eigenvalue weighted by Crippen LogP contribution is -2.24. The summed E-state index contributed by atoms with van der Waals surface area (Å²) in [6.07, 6.45) is 1.51. The fourth-order valence-corrected chi connectivity index (χ4v) is 0.716. The van der Waals surface area contributed by atoms with Gasteiger partial charge in [-0.1, -0.05) is 0 Å². The Morgan fingerprint density at radius 1 is 1.20 bits per heavy atom. The standard InChI is InChI=1S/C7H13N3/c1-9(2)7(5-6-8)10(3)4/h5H,1-4H3. The van der Waals surface area contributed by atoms with E-state index >= 15 is 0 Å². The normalized spacial score (nSPS) is 7.90. The number of nitrogens with zero attached hydrogens (tertiary/aromatic N) is 3. The van der Waals surface area contributed by atoms with Crippen molar-refractivity contribution in [2.45, 2.75) is 0 Å². The molecule has 0 rings (SSSR count). The van der Waals surface area contributed by atoms with Gasteiger partial charge in [0.2, 0.25) is 0 Å². The van der Waals surface area contributed by atoms with Gasteiger partial charge in [0.25, 0.3) is 0 Å². The van der Waals surface area contributed by atoms with E-state index < -0.39 is 0 Å². The van der Waals surface area contributed by atoms with Crippen molar-refractivity contribution >= 4 is 0 Å². The first-order chi connectivity index (χ1) is 4.59. The van der Waals surface area contributed by atoms with E-state index in [1.165, 1.54) is 6.08 Å². The van der Waals surface area contributed by atoms with Gasteiger partial charge in [0.1, 0.15) is 5.82 Å². The van der Waals surface area contributed by atoms with E-state index in [0.717, 1.165) is 5.82 Å². The van der Waals surface area contributed by atoms with Crippen molar-refractivity contribution < 1.29 is 0 Å². The number of allylic oxidation sites excluding steroid dienone is 1. The third-order valence-corrected chi connectivity index (χ3v) is 1.11. The number of hydrogen-bond donors (Lipinski definition) is 0. The van der Waals surface area contributed by atoms with Crippen molar-refractivity contribution in [1.29, 1.82) is 5.26 Å². The molecule has 56 valence electrons. The molecule has 0 unspecified atom stereocenters. The Bertz CT molecular complexity index is 152. The number of nitriles is 1. The first-order valence-corrected chi connectivity index (χ1v) is 3.04. The van der Waals surface area contributed by atoms with Gasteiger partial charge in [-0.25, -0.2) is 0 Å². The van der Waals surface area contributed by atoms with Gasteiger partial charge in [0, 0.05) is 28.2 Å². The molecular formula is C7H13N3. The molecule has 0 radical (unpaired) electrons. The summed E-state index contributed by atoms with van der Waals surface area (Å²) in [6, 6.07) is 1.99. The third-order valence-electron chi connectivity index (χ3n) is 1.11. The van der Waals surface area contributed by atoms with Gasteiger partial charge in [0.05, 0.1) is 12.1 Å². The smallest absolute Gasteiger partial charge is 0.114 e. The second-order valence-corrected chi connectivity index (χ2v) is 2.42. The summed E-state index contributed by atoms with van der Waals surface area (Å²) in [7, 11) is 7.62. The molecule has 0 bridgehead atoms. The van der Waals surface area contributed by atoms with Crippen LogP contribution in [0.15, 0.2) is 11.9 Å². The monoisotopic (exact) mass is 139 g/mol. The summed E-state index contributed by atoms with van der Waals surface area (Å²) in [5.41, 5.74) is 0. The highest BCUT2D eigenvalue weighted by molar-refractivity contribution is 5.09. The van der Waals surface area contributed by atoms with E-state index in [2.05, 4.69) is 0 Å². The van der Waals surface area contributed by atoms with Crippen molar-refractivity contribution in [2.24, 2.45) is 0 Å². The van der Waals surface area contributed by atoms with Crippen molar-refractivity contribution in [3.05, 3.63) is 11.9 Å². The first-order valence-electron chi connectivity index (χ1n) is 3.04. The zero-order valence-corrected chi connectivity index (χ0v) is 6.92. The summed E-state index contributed by atoms with van der Waals surface area (Å²) >= 11 is 0. The molecule has 0 spiro atoms. The van der Waals surface area contributed by atoms with Gasteiger partial charge >= 0.3 is 0 Å². The Morgan fingerprint density at radius 2 is 1.60 bits per heavy atom. The molecular weight excluding hydrogens is 126 g/mol. The van der Waals surface area contributed by atoms with Crippen LogP contribution in [0, 0.1) is 11.3 Å². The SMILES string of the molecule is CN(C)C(=CC#N)N(C)C. The van der Waals surface area contributed by atoms with Gasteiger partial charge in [-0.3, -0.25) is 0 Å². The minimum Gasteiger partial charge on any atom is -0.364 e. The minimum absolute atomic E-state index is 0.905. The molecule has 0 heterocycles. The maximum Gasteiger partial charge on any atom is 0.114 e. The summed E-state index contributed by atoms with van der Waals surface area (Å²) < 4.78 is 0. The lowest BCUT2D eigenvalue weighted by Gasteiger charge is -2.23. The Labute approximate surface area is 62.2 Å². The molecule has 0 saturated heterocycles. The average molecular weight is 139 g/mol. The third kappa shape index (κ3) is 2.40. The van der Waals surface area contributed by atoms with E-state index in [4.69, 9.17) is 5.26 Å². The van der Waals surface area contributed by atoms with Gasteiger partial charge < -0.3 is 9.80 Å². The first kappa shape index (κ1) is 8.83. The van der Waals surface area contributed by atoms with Crippen LogP contribution in [0.4, 0.5) is 0 Å². The Balaban J connectivity index is 4.30. The zero-order valence-electron chi connectivity index (χ0n) is 6.92. The quantitative estimate of drug-likeness (QED) is 0.521. The Hall–Kier alpha value is -1.17. The lowest BCUT2D eigenvalue weighted by atomic mass is 10.5. The molecule has 10 heavy (non-hydrogen) atoms. The van der Waals surface area contributed by atoms with Gasteiger partial charge in [-0.15, -0.1) is 0 Å². The van der Waals surface area contributed by atoms with Gasteiger partial charge in [-0.2, -0.15) is 5.26 Å². The second kappa shape index (κ2) is 3.78. The van der Waals surface area contributed by atoms with E-state index in [9.17, 15) is 0 Å². The van der Waals surface area contributed by atoms with Crippen LogP contribution in [0.3, 0.4) is 0 Å². The van der Waals surface area contributed by atoms with Crippen LogP contribution in [0.1, 0.15) is 0 Å². The van der Waals surface area contributed by atoms with E-state index in [-0.39, 0.29) is 0 Å². The maximum absolute atomic E-state index is 8.35. The van der Waals surface area contributed by atoms with Crippen molar-refractivity contribution in [3.63, 3.8) is 0 Å². The predicted molar refractivity (Wildman–Crippen MR) is 41.1 cm³/mol. The molecule has 0 aromatic heterocycles. The fraction of sp³-hybridized carbons (Fsp3) is 0.571. The fourth-order valence-electron chi connectivity index (χ4n) is 0.716. The van der Waals surface area contributed by atoms with Crippen LogP contribution >= 0.6 is 0 Å². The molecule has 3 nitrogen and oxygen atoms in total. The van der Waals surface area contributed by atoms with Crippen molar-refractivity contribution in [2.75, 3.05) is 28.2 Å². The van der Waals surface area contributed by atoms with Crippen LogP contribution in [0.5, 0.6) is 0 Å². The average Bonchev–Trinajstić information content (AvgIpc) is 1.81. The molecule has 0 saturated carbocycles. The van der Waals surface area contributed by atoms with Crippen LogP contribution in [0.25, 0.3) is 0 Å². The largest absolute Gasteiger partial charge is 0.364 e. The molecule has 0 N–H and O–H groups in total. The summed E-state index contributed by atoms with van der Waals surface area (Å²) in [5.74, 6) is 0.905. The topological polar surface area (TPSA) is 30.3 Å². The summed E-state index contributed by atoms with van der Waals surface area (Å²) in [5, 5.41) is 8.35. The van der Waals surface area contributed by atoms with Gasteiger partial charge in [0.15, 0.2) is 0 Å². The highest BCUT2D eigenvalue weighted by Gasteiger charge is 1.99. The van der Waals surface area contributed by atoms with Gasteiger partial charge in [-0.05, 0) is 0 Å². The second-order valence-electron chi connectivity index (χ2n) is 2.42. The molecule has 0 aliphatic carbocycles. The molecule has 0 aromatic carbocycles. The maximum atomic E-state index is 8.35. The highest BCUT2D eigenvalue weighted by Crippen LogP contribution is 1.99. The van der Waals surface area contributed by atoms with E-state index in [1.54, 1.807) is 0 Å². The zero-order chi connectivity index (χ0) is 8.15. The summed E-state index contributed by atoms with van der Waals surface area (Å²) in [4.78, 5) is 3.78. The Kier molecular flexibility index (Phi) is 3.34. The predicted octanol–water partition coefficient (Wildman–Crippen LogP) is 0.475. The molecule has 0 fully saturated rings. The molecule has 3 heteroatoms. The van der Waals surface area contributed by atoms with Crippen molar-refractivity contribution in [3.8, 4) is 6.07 Å². The lowest BCUT2D eigenvalue weighted by molar-refractivity contribution is 0.343. The Morgan fingerprint density at radius 3 is 1.70 bits per heavy atom. The van der Waals surface area contributed by atoms with E-state index in [1.807, 2.05) is 44.1 Å². The van der Waals surface area contributed by atoms with Crippen LogP contribution in [-0.4, -0.2) is 38.0 Å². The summed E-state index contributed by atoms with van der Waals surface area (Å²) in [6.45, 7) is 0. The van der Waals surface area contributed by atoms with Crippen LogP contribution in [0.2, 0.25) is 0 Å². The molecule has 0 atom stereocenters. The highest BCUT2D eigenvalue weighted by atomic mass is 15.3. The van der Waals surface area contributed by atoms with Crippen LogP contribution < -0.4 is 0 Å². The van der Waals surface area contributed by atoms with Crippen molar-refractivity contribution in [1.82, 2.24) is 9.80 Å². The molecule has 0 aromatic rings. The van der Waals surface area contributed by atoms with Crippen LogP contribution in [-0.2, 0) is 0 Å². The number of rotatable bonds is 2. The minimum atomic E-state index is 0.905.